The Morgan fingerprint density at radius 1 is 1.29 bits per heavy atom. The van der Waals surface area contributed by atoms with Crippen molar-refractivity contribution in [3.8, 4) is 11.4 Å². The normalized spacial score (nSPS) is 21.2. The third-order valence-electron chi connectivity index (χ3n) is 5.80. The SMILES string of the molecule is CC1(C)CCCN1C(=O)[C@@H]1CCC(=O)N1c1ccc(-c2noc(C(F)(F)F)n2)c(F)c1. The number of amides is 2. The topological polar surface area (TPSA) is 79.5 Å². The van der Waals surface area contributed by atoms with Gasteiger partial charge in [0.25, 0.3) is 0 Å². The molecule has 0 aliphatic carbocycles. The van der Waals surface area contributed by atoms with Crippen LogP contribution in [0.4, 0.5) is 23.2 Å². The molecule has 2 fully saturated rings. The standard InChI is InChI=1S/C20H20F4N4O3/c1-19(2)8-3-9-27(19)17(30)14-6-7-15(29)28(14)11-4-5-12(13(21)10-11)16-25-18(31-26-16)20(22,23)24/h4-5,10,14H,3,6-9H2,1-2H3/t14-/m0/s1. The minimum atomic E-state index is -4.85. The molecule has 2 saturated heterocycles. The van der Waals surface area contributed by atoms with E-state index in [0.717, 1.165) is 18.9 Å². The largest absolute Gasteiger partial charge is 0.471 e. The molecule has 31 heavy (non-hydrogen) atoms. The number of rotatable bonds is 3. The molecule has 0 spiro atoms. The summed E-state index contributed by atoms with van der Waals surface area (Å²) in [6, 6.07) is 2.78. The zero-order chi connectivity index (χ0) is 22.6. The van der Waals surface area contributed by atoms with E-state index in [4.69, 9.17) is 0 Å². The minimum Gasteiger partial charge on any atom is -0.336 e. The fraction of sp³-hybridized carbons (Fsp3) is 0.500. The number of hydrogen-bond acceptors (Lipinski definition) is 5. The molecule has 0 N–H and O–H groups in total. The predicted molar refractivity (Wildman–Crippen MR) is 100 cm³/mol. The summed E-state index contributed by atoms with van der Waals surface area (Å²) in [5, 5.41) is 3.18. The third kappa shape index (κ3) is 3.77. The number of nitrogens with zero attached hydrogens (tertiary/aromatic N) is 4. The van der Waals surface area contributed by atoms with Gasteiger partial charge in [-0.3, -0.25) is 14.5 Å². The van der Waals surface area contributed by atoms with Crippen molar-refractivity contribution in [2.75, 3.05) is 11.4 Å². The molecule has 1 aromatic carbocycles. The van der Waals surface area contributed by atoms with Gasteiger partial charge in [-0.25, -0.2) is 4.39 Å². The van der Waals surface area contributed by atoms with Gasteiger partial charge in [0.15, 0.2) is 0 Å². The first-order valence-electron chi connectivity index (χ1n) is 9.83. The van der Waals surface area contributed by atoms with Crippen molar-refractivity contribution < 1.29 is 31.7 Å². The van der Waals surface area contributed by atoms with Crippen LogP contribution in [0.2, 0.25) is 0 Å². The van der Waals surface area contributed by atoms with Gasteiger partial charge in [-0.15, -0.1) is 0 Å². The highest BCUT2D eigenvalue weighted by Gasteiger charge is 2.44. The molecule has 0 bridgehead atoms. The van der Waals surface area contributed by atoms with Gasteiger partial charge in [0.05, 0.1) is 5.56 Å². The number of likely N-dealkylation sites (tertiary alicyclic amines) is 1. The van der Waals surface area contributed by atoms with E-state index in [9.17, 15) is 27.2 Å². The van der Waals surface area contributed by atoms with Gasteiger partial charge < -0.3 is 9.42 Å². The predicted octanol–water partition coefficient (Wildman–Crippen LogP) is 3.79. The van der Waals surface area contributed by atoms with Crippen molar-refractivity contribution in [3.63, 3.8) is 0 Å². The lowest BCUT2D eigenvalue weighted by Gasteiger charge is -2.36. The molecule has 2 aliphatic rings. The Labute approximate surface area is 175 Å². The second-order valence-corrected chi connectivity index (χ2v) is 8.31. The van der Waals surface area contributed by atoms with Crippen molar-refractivity contribution in [1.82, 2.24) is 15.0 Å². The zero-order valence-corrected chi connectivity index (χ0v) is 16.9. The molecule has 1 aromatic heterocycles. The maximum absolute atomic E-state index is 14.7. The first-order valence-corrected chi connectivity index (χ1v) is 9.83. The second-order valence-electron chi connectivity index (χ2n) is 8.31. The Hall–Kier alpha value is -2.98. The molecule has 7 nitrogen and oxygen atoms in total. The summed E-state index contributed by atoms with van der Waals surface area (Å²) < 4.78 is 56.9. The van der Waals surface area contributed by atoms with Crippen LogP contribution in [0.5, 0.6) is 0 Å². The summed E-state index contributed by atoms with van der Waals surface area (Å²) in [6.07, 6.45) is -2.66. The zero-order valence-electron chi connectivity index (χ0n) is 16.9. The van der Waals surface area contributed by atoms with Gasteiger partial charge in [0.2, 0.25) is 17.6 Å². The molecule has 0 unspecified atom stereocenters. The van der Waals surface area contributed by atoms with Crippen LogP contribution in [0, 0.1) is 5.82 Å². The van der Waals surface area contributed by atoms with E-state index in [-0.39, 0.29) is 35.0 Å². The van der Waals surface area contributed by atoms with Gasteiger partial charge in [0, 0.05) is 24.2 Å². The molecule has 3 heterocycles. The lowest BCUT2D eigenvalue weighted by Crippen LogP contribution is -2.52. The maximum atomic E-state index is 14.7. The monoisotopic (exact) mass is 440 g/mol. The fourth-order valence-corrected chi connectivity index (χ4v) is 4.22. The third-order valence-corrected chi connectivity index (χ3v) is 5.80. The van der Waals surface area contributed by atoms with E-state index in [1.807, 2.05) is 13.8 Å². The summed E-state index contributed by atoms with van der Waals surface area (Å²) in [7, 11) is 0. The van der Waals surface area contributed by atoms with E-state index >= 15 is 0 Å². The molecule has 2 aliphatic heterocycles. The van der Waals surface area contributed by atoms with Crippen molar-refractivity contribution in [2.24, 2.45) is 0 Å². The number of aromatic nitrogens is 2. The van der Waals surface area contributed by atoms with Gasteiger partial charge in [-0.1, -0.05) is 5.16 Å². The quantitative estimate of drug-likeness (QED) is 0.679. The van der Waals surface area contributed by atoms with Crippen molar-refractivity contribution in [1.29, 1.82) is 0 Å². The van der Waals surface area contributed by atoms with Crippen LogP contribution in [0.1, 0.15) is 45.4 Å². The van der Waals surface area contributed by atoms with E-state index in [0.29, 0.717) is 13.0 Å². The van der Waals surface area contributed by atoms with Crippen LogP contribution in [-0.2, 0) is 15.8 Å². The number of anilines is 1. The lowest BCUT2D eigenvalue weighted by atomic mass is 10.0. The molecule has 11 heteroatoms. The van der Waals surface area contributed by atoms with E-state index < -0.39 is 29.8 Å². The van der Waals surface area contributed by atoms with E-state index in [1.165, 1.54) is 17.0 Å². The van der Waals surface area contributed by atoms with Crippen LogP contribution in [0.3, 0.4) is 0 Å². The number of halogens is 4. The highest BCUT2D eigenvalue weighted by atomic mass is 19.4. The molecule has 1 atom stereocenters. The summed E-state index contributed by atoms with van der Waals surface area (Å²) in [4.78, 5) is 31.9. The minimum absolute atomic E-state index is 0.147. The van der Waals surface area contributed by atoms with Crippen LogP contribution in [-0.4, -0.2) is 45.0 Å². The van der Waals surface area contributed by atoms with Crippen LogP contribution < -0.4 is 4.90 Å². The van der Waals surface area contributed by atoms with Gasteiger partial charge in [-0.2, -0.15) is 18.2 Å². The van der Waals surface area contributed by atoms with E-state index in [2.05, 4.69) is 14.7 Å². The first kappa shape index (κ1) is 21.3. The molecule has 2 aromatic rings. The highest BCUT2D eigenvalue weighted by Crippen LogP contribution is 2.35. The number of carbonyl (C=O) groups is 2. The number of alkyl halides is 3. The molecular formula is C20H20F4N4O3. The van der Waals surface area contributed by atoms with Crippen LogP contribution >= 0.6 is 0 Å². The average Bonchev–Trinajstić information content (AvgIpc) is 3.38. The van der Waals surface area contributed by atoms with Crippen LogP contribution in [0.25, 0.3) is 11.4 Å². The summed E-state index contributed by atoms with van der Waals surface area (Å²) in [5.74, 6) is -3.58. The number of hydrogen-bond donors (Lipinski definition) is 0. The highest BCUT2D eigenvalue weighted by molar-refractivity contribution is 6.04. The Balaban J connectivity index is 1.62. The van der Waals surface area contributed by atoms with Crippen molar-refractivity contribution >= 4 is 17.5 Å². The molecule has 166 valence electrons. The number of benzene rings is 1. The van der Waals surface area contributed by atoms with Gasteiger partial charge in [-0.05, 0) is 51.3 Å². The Kier molecular flexibility index (Phi) is 5.01. The first-order chi connectivity index (χ1) is 14.5. The molecular weight excluding hydrogens is 420 g/mol. The molecule has 2 amide bonds. The lowest BCUT2D eigenvalue weighted by molar-refractivity contribution is -0.159. The van der Waals surface area contributed by atoms with Gasteiger partial charge in [0.1, 0.15) is 11.9 Å². The molecule has 4 rings (SSSR count). The van der Waals surface area contributed by atoms with Crippen molar-refractivity contribution in [2.45, 2.75) is 57.3 Å². The summed E-state index contributed by atoms with van der Waals surface area (Å²) in [6.45, 7) is 4.53. The number of carbonyl (C=O) groups excluding carboxylic acids is 2. The Morgan fingerprint density at radius 2 is 2.03 bits per heavy atom. The molecule has 0 radical (unpaired) electrons. The maximum Gasteiger partial charge on any atom is 0.471 e. The second kappa shape index (κ2) is 7.31. The molecule has 0 saturated carbocycles. The van der Waals surface area contributed by atoms with Crippen molar-refractivity contribution in [3.05, 3.63) is 29.9 Å². The van der Waals surface area contributed by atoms with E-state index in [1.54, 1.807) is 4.90 Å². The Bertz CT molecular complexity index is 1030. The Morgan fingerprint density at radius 3 is 2.61 bits per heavy atom. The average molecular weight is 440 g/mol. The summed E-state index contributed by atoms with van der Waals surface area (Å²) in [5.41, 5.74) is -0.477. The smallest absolute Gasteiger partial charge is 0.336 e. The van der Waals surface area contributed by atoms with Crippen LogP contribution in [0.15, 0.2) is 22.7 Å². The fourth-order valence-electron chi connectivity index (χ4n) is 4.22. The van der Waals surface area contributed by atoms with Gasteiger partial charge >= 0.3 is 12.1 Å². The summed E-state index contributed by atoms with van der Waals surface area (Å²) >= 11 is 0.